The highest BCUT2D eigenvalue weighted by Gasteiger charge is 2.05. The van der Waals surface area contributed by atoms with Crippen LogP contribution in [0.2, 0.25) is 5.02 Å². The molecule has 0 aromatic heterocycles. The summed E-state index contributed by atoms with van der Waals surface area (Å²) in [5.41, 5.74) is 4.26. The number of aromatic hydroxyl groups is 1. The summed E-state index contributed by atoms with van der Waals surface area (Å²) >= 11 is 5.87. The van der Waals surface area contributed by atoms with Crippen molar-refractivity contribution in [3.63, 3.8) is 0 Å². The van der Waals surface area contributed by atoms with E-state index < -0.39 is 0 Å². The van der Waals surface area contributed by atoms with Crippen LogP contribution in [0, 0.1) is 13.8 Å². The van der Waals surface area contributed by atoms with Crippen LogP contribution in [0.5, 0.6) is 5.75 Å². The van der Waals surface area contributed by atoms with Crippen molar-refractivity contribution in [1.29, 1.82) is 0 Å². The number of nitrogens with one attached hydrogen (secondary N) is 1. The first-order valence-electron chi connectivity index (χ1n) is 5.85. The molecule has 0 aliphatic heterocycles. The lowest BCUT2D eigenvalue weighted by Crippen LogP contribution is -2.01. The molecule has 0 bridgehead atoms. The highest BCUT2D eigenvalue weighted by Crippen LogP contribution is 2.28. The van der Waals surface area contributed by atoms with Crippen LogP contribution >= 0.6 is 11.6 Å². The molecule has 3 heteroatoms. The Morgan fingerprint density at radius 2 is 1.94 bits per heavy atom. The van der Waals surface area contributed by atoms with Crippen LogP contribution in [0.4, 0.5) is 5.69 Å². The Hall–Kier alpha value is -1.67. The Morgan fingerprint density at radius 1 is 1.17 bits per heavy atom. The van der Waals surface area contributed by atoms with Gasteiger partial charge in [0.05, 0.1) is 5.02 Å². The van der Waals surface area contributed by atoms with Gasteiger partial charge in [-0.1, -0.05) is 35.9 Å². The van der Waals surface area contributed by atoms with Gasteiger partial charge in [0.15, 0.2) is 0 Å². The topological polar surface area (TPSA) is 32.3 Å². The molecule has 0 spiro atoms. The SMILES string of the molecule is Cc1ccc(C)c(NCc2cccc(Cl)c2O)c1. The summed E-state index contributed by atoms with van der Waals surface area (Å²) in [5.74, 6) is 0.150. The molecule has 0 saturated heterocycles. The first-order chi connectivity index (χ1) is 8.58. The molecule has 0 aliphatic carbocycles. The van der Waals surface area contributed by atoms with Crippen molar-refractivity contribution in [2.75, 3.05) is 5.32 Å². The first kappa shape index (κ1) is 12.8. The van der Waals surface area contributed by atoms with E-state index in [1.54, 1.807) is 6.07 Å². The molecule has 0 heterocycles. The summed E-state index contributed by atoms with van der Waals surface area (Å²) in [6, 6.07) is 11.6. The molecule has 0 saturated carbocycles. The minimum Gasteiger partial charge on any atom is -0.506 e. The van der Waals surface area contributed by atoms with Gasteiger partial charge in [-0.15, -0.1) is 0 Å². The summed E-state index contributed by atoms with van der Waals surface area (Å²) in [5, 5.41) is 13.5. The fraction of sp³-hybridized carbons (Fsp3) is 0.200. The highest BCUT2D eigenvalue weighted by molar-refractivity contribution is 6.32. The second kappa shape index (κ2) is 5.32. The second-order valence-corrected chi connectivity index (χ2v) is 4.83. The zero-order chi connectivity index (χ0) is 13.1. The lowest BCUT2D eigenvalue weighted by atomic mass is 10.1. The Balaban J connectivity index is 2.16. The third kappa shape index (κ3) is 2.77. The molecular formula is C15H16ClNO. The van der Waals surface area contributed by atoms with Gasteiger partial charge in [0.1, 0.15) is 5.75 Å². The summed E-state index contributed by atoms with van der Waals surface area (Å²) < 4.78 is 0. The number of phenolic OH excluding ortho intramolecular Hbond substituents is 1. The third-order valence-electron chi connectivity index (χ3n) is 2.93. The van der Waals surface area contributed by atoms with Crippen LogP contribution in [-0.2, 0) is 6.54 Å². The van der Waals surface area contributed by atoms with Crippen molar-refractivity contribution in [2.24, 2.45) is 0 Å². The smallest absolute Gasteiger partial charge is 0.139 e. The molecule has 2 nitrogen and oxygen atoms in total. The maximum Gasteiger partial charge on any atom is 0.139 e. The minimum absolute atomic E-state index is 0.150. The average molecular weight is 262 g/mol. The molecular weight excluding hydrogens is 246 g/mol. The number of benzene rings is 2. The number of rotatable bonds is 3. The molecule has 18 heavy (non-hydrogen) atoms. The van der Waals surface area contributed by atoms with Crippen LogP contribution in [0.3, 0.4) is 0 Å². The van der Waals surface area contributed by atoms with E-state index in [4.69, 9.17) is 11.6 Å². The molecule has 0 amide bonds. The fourth-order valence-electron chi connectivity index (χ4n) is 1.82. The van der Waals surface area contributed by atoms with Crippen LogP contribution < -0.4 is 5.32 Å². The number of hydrogen-bond donors (Lipinski definition) is 2. The number of para-hydroxylation sites is 1. The number of aryl methyl sites for hydroxylation is 2. The fourth-order valence-corrected chi connectivity index (χ4v) is 2.01. The van der Waals surface area contributed by atoms with Crippen molar-refractivity contribution < 1.29 is 5.11 Å². The molecule has 2 rings (SSSR count). The highest BCUT2D eigenvalue weighted by atomic mass is 35.5. The normalized spacial score (nSPS) is 10.4. The van der Waals surface area contributed by atoms with Crippen molar-refractivity contribution in [3.8, 4) is 5.75 Å². The number of hydrogen-bond acceptors (Lipinski definition) is 2. The standard InChI is InChI=1S/C15H16ClNO/c1-10-6-7-11(2)14(8-10)17-9-12-4-3-5-13(16)15(12)18/h3-8,17-18H,9H2,1-2H3. The molecule has 2 aromatic rings. The minimum atomic E-state index is 0.150. The maximum atomic E-state index is 9.83. The molecule has 0 aliphatic rings. The van der Waals surface area contributed by atoms with E-state index in [0.717, 1.165) is 11.3 Å². The summed E-state index contributed by atoms with van der Waals surface area (Å²) in [6.45, 7) is 4.66. The molecule has 0 radical (unpaired) electrons. The predicted octanol–water partition coefficient (Wildman–Crippen LogP) is 4.27. The summed E-state index contributed by atoms with van der Waals surface area (Å²) in [6.07, 6.45) is 0. The van der Waals surface area contributed by atoms with Crippen LogP contribution in [0.25, 0.3) is 0 Å². The van der Waals surface area contributed by atoms with Crippen molar-refractivity contribution >= 4 is 17.3 Å². The Bertz CT molecular complexity index is 564. The van der Waals surface area contributed by atoms with E-state index >= 15 is 0 Å². The Labute approximate surface area is 112 Å². The molecule has 2 N–H and O–H groups in total. The molecule has 2 aromatic carbocycles. The predicted molar refractivity (Wildman–Crippen MR) is 76.4 cm³/mol. The largest absolute Gasteiger partial charge is 0.506 e. The van der Waals surface area contributed by atoms with Gasteiger partial charge in [0.2, 0.25) is 0 Å². The van der Waals surface area contributed by atoms with E-state index in [1.165, 1.54) is 11.1 Å². The van der Waals surface area contributed by atoms with Crippen molar-refractivity contribution in [2.45, 2.75) is 20.4 Å². The van der Waals surface area contributed by atoms with Gasteiger partial charge in [0, 0.05) is 17.8 Å². The Kier molecular flexibility index (Phi) is 3.78. The molecule has 0 fully saturated rings. The van der Waals surface area contributed by atoms with E-state index in [-0.39, 0.29) is 5.75 Å². The lowest BCUT2D eigenvalue weighted by Gasteiger charge is -2.12. The Morgan fingerprint density at radius 3 is 2.72 bits per heavy atom. The monoisotopic (exact) mass is 261 g/mol. The van der Waals surface area contributed by atoms with Gasteiger partial charge < -0.3 is 10.4 Å². The van der Waals surface area contributed by atoms with E-state index in [1.807, 2.05) is 12.1 Å². The molecule has 94 valence electrons. The zero-order valence-electron chi connectivity index (χ0n) is 10.5. The van der Waals surface area contributed by atoms with Crippen LogP contribution in [-0.4, -0.2) is 5.11 Å². The molecule has 0 unspecified atom stereocenters. The van der Waals surface area contributed by atoms with Gasteiger partial charge in [-0.2, -0.15) is 0 Å². The van der Waals surface area contributed by atoms with Gasteiger partial charge >= 0.3 is 0 Å². The second-order valence-electron chi connectivity index (χ2n) is 4.42. The first-order valence-corrected chi connectivity index (χ1v) is 6.23. The maximum absolute atomic E-state index is 9.83. The summed E-state index contributed by atoms with van der Waals surface area (Å²) in [4.78, 5) is 0. The van der Waals surface area contributed by atoms with Gasteiger partial charge in [-0.05, 0) is 37.1 Å². The van der Waals surface area contributed by atoms with E-state index in [2.05, 4.69) is 37.4 Å². The third-order valence-corrected chi connectivity index (χ3v) is 3.24. The summed E-state index contributed by atoms with van der Waals surface area (Å²) in [7, 11) is 0. The molecule has 0 atom stereocenters. The quantitative estimate of drug-likeness (QED) is 0.865. The van der Waals surface area contributed by atoms with Crippen LogP contribution in [0.15, 0.2) is 36.4 Å². The number of phenols is 1. The van der Waals surface area contributed by atoms with Gasteiger partial charge in [-0.3, -0.25) is 0 Å². The van der Waals surface area contributed by atoms with Gasteiger partial charge in [-0.25, -0.2) is 0 Å². The number of halogens is 1. The number of anilines is 1. The van der Waals surface area contributed by atoms with Crippen molar-refractivity contribution in [3.05, 3.63) is 58.1 Å². The average Bonchev–Trinajstić information content (AvgIpc) is 2.35. The lowest BCUT2D eigenvalue weighted by molar-refractivity contribution is 0.469. The van der Waals surface area contributed by atoms with Crippen LogP contribution in [0.1, 0.15) is 16.7 Å². The van der Waals surface area contributed by atoms with E-state index in [9.17, 15) is 5.11 Å². The van der Waals surface area contributed by atoms with E-state index in [0.29, 0.717) is 11.6 Å². The van der Waals surface area contributed by atoms with Crippen molar-refractivity contribution in [1.82, 2.24) is 0 Å². The van der Waals surface area contributed by atoms with Gasteiger partial charge in [0.25, 0.3) is 0 Å². The zero-order valence-corrected chi connectivity index (χ0v) is 11.3.